The minimum absolute atomic E-state index is 0.112. The van der Waals surface area contributed by atoms with E-state index >= 15 is 0 Å². The fraction of sp³-hybridized carbons (Fsp3) is 0.118. The van der Waals surface area contributed by atoms with Crippen molar-refractivity contribution in [2.45, 2.75) is 12.1 Å². The van der Waals surface area contributed by atoms with Crippen molar-refractivity contribution < 1.29 is 4.79 Å². The summed E-state index contributed by atoms with van der Waals surface area (Å²) in [5, 5.41) is 15.8. The summed E-state index contributed by atoms with van der Waals surface area (Å²) in [6, 6.07) is 10.6. The smallest absolute Gasteiger partial charge is 0.264 e. The van der Waals surface area contributed by atoms with Gasteiger partial charge in [0.2, 0.25) is 11.1 Å². The molecule has 9 nitrogen and oxygen atoms in total. The number of halogens is 1. The van der Waals surface area contributed by atoms with Crippen molar-refractivity contribution in [1.29, 1.82) is 0 Å². The fourth-order valence-corrected chi connectivity index (χ4v) is 2.98. The average molecular weight is 417 g/mol. The molecule has 28 heavy (non-hydrogen) atoms. The lowest BCUT2D eigenvalue weighted by molar-refractivity contribution is -0.113. The summed E-state index contributed by atoms with van der Waals surface area (Å²) in [6.07, 6.45) is 3.37. The zero-order valence-corrected chi connectivity index (χ0v) is 16.4. The van der Waals surface area contributed by atoms with Crippen molar-refractivity contribution in [2.24, 2.45) is 5.10 Å². The van der Waals surface area contributed by atoms with Gasteiger partial charge in [0.1, 0.15) is 0 Å². The van der Waals surface area contributed by atoms with E-state index in [9.17, 15) is 4.79 Å². The van der Waals surface area contributed by atoms with Gasteiger partial charge in [-0.1, -0.05) is 29.4 Å². The average Bonchev–Trinajstić information content (AvgIpc) is 3.05. The maximum absolute atomic E-state index is 12.1. The lowest BCUT2D eigenvalue weighted by Crippen LogP contribution is -2.17. The number of benzene rings is 1. The van der Waals surface area contributed by atoms with Crippen molar-refractivity contribution in [3.05, 3.63) is 59.4 Å². The molecule has 2 heterocycles. The third-order valence-electron chi connectivity index (χ3n) is 3.53. The van der Waals surface area contributed by atoms with Crippen LogP contribution in [0.1, 0.15) is 12.5 Å². The van der Waals surface area contributed by atoms with Crippen LogP contribution in [0.25, 0.3) is 0 Å². The van der Waals surface area contributed by atoms with Gasteiger partial charge in [-0.25, -0.2) is 10.1 Å². The molecule has 11 heteroatoms. The number of carbonyl (C=O) groups excluding carboxylic acids is 1. The van der Waals surface area contributed by atoms with E-state index in [1.807, 2.05) is 19.1 Å². The van der Waals surface area contributed by atoms with Gasteiger partial charge in [-0.05, 0) is 37.3 Å². The zero-order chi connectivity index (χ0) is 19.9. The van der Waals surface area contributed by atoms with Gasteiger partial charge in [0.15, 0.2) is 0 Å². The summed E-state index contributed by atoms with van der Waals surface area (Å²) >= 11 is 7.05. The van der Waals surface area contributed by atoms with Crippen LogP contribution in [0.15, 0.2) is 59.0 Å². The second-order valence-corrected chi connectivity index (χ2v) is 6.95. The number of nitrogen functional groups attached to an aromatic ring is 1. The van der Waals surface area contributed by atoms with E-state index in [-0.39, 0.29) is 17.6 Å². The second-order valence-electron chi connectivity index (χ2n) is 5.57. The predicted molar refractivity (Wildman–Crippen MR) is 111 cm³/mol. The largest absolute Gasteiger partial charge is 0.334 e. The molecule has 4 N–H and O–H groups in total. The summed E-state index contributed by atoms with van der Waals surface area (Å²) in [4.78, 5) is 16.0. The highest BCUT2D eigenvalue weighted by Gasteiger charge is 2.12. The first-order valence-electron chi connectivity index (χ1n) is 8.12. The standard InChI is InChI=1S/C17H17ClN8OS/c1-11(12-5-7-20-8-6-12)22-23-16-24-25-17(26(16)19)28-10-15(27)21-14-4-2-3-13(18)9-14/h2-9H,10,19H2,1H3,(H,21,27)(H,23,24)/b22-11+. The molecule has 0 saturated heterocycles. The number of hydrogen-bond donors (Lipinski definition) is 3. The summed E-state index contributed by atoms with van der Waals surface area (Å²) in [5.74, 6) is 6.12. The number of amides is 1. The Kier molecular flexibility index (Phi) is 6.45. The Bertz CT molecular complexity index is 992. The number of nitrogens with one attached hydrogen (secondary N) is 2. The van der Waals surface area contributed by atoms with E-state index in [2.05, 4.69) is 31.0 Å². The molecule has 3 aromatic rings. The van der Waals surface area contributed by atoms with E-state index in [1.54, 1.807) is 36.7 Å². The highest BCUT2D eigenvalue weighted by atomic mass is 35.5. The van der Waals surface area contributed by atoms with Crippen LogP contribution < -0.4 is 16.6 Å². The van der Waals surface area contributed by atoms with Crippen LogP contribution in [-0.4, -0.2) is 37.2 Å². The van der Waals surface area contributed by atoms with Gasteiger partial charge < -0.3 is 11.2 Å². The van der Waals surface area contributed by atoms with Gasteiger partial charge in [0.05, 0.1) is 11.5 Å². The predicted octanol–water partition coefficient (Wildman–Crippen LogP) is 2.61. The summed E-state index contributed by atoms with van der Waals surface area (Å²) in [7, 11) is 0. The number of aromatic nitrogens is 4. The highest BCUT2D eigenvalue weighted by Crippen LogP contribution is 2.19. The molecule has 0 aliphatic rings. The summed E-state index contributed by atoms with van der Waals surface area (Å²) in [5.41, 5.74) is 5.04. The topological polar surface area (TPSA) is 123 Å². The number of thioether (sulfide) groups is 1. The molecule has 3 rings (SSSR count). The molecule has 0 bridgehead atoms. The Labute approximate surface area is 170 Å². The molecule has 1 amide bonds. The lowest BCUT2D eigenvalue weighted by Gasteiger charge is -2.06. The first-order valence-corrected chi connectivity index (χ1v) is 9.48. The number of carbonyl (C=O) groups is 1. The number of nitrogens with two attached hydrogens (primary N) is 1. The number of hydrazone groups is 1. The first-order chi connectivity index (χ1) is 13.5. The monoisotopic (exact) mass is 416 g/mol. The van der Waals surface area contributed by atoms with E-state index < -0.39 is 0 Å². The minimum Gasteiger partial charge on any atom is -0.334 e. The summed E-state index contributed by atoms with van der Waals surface area (Å²) < 4.78 is 1.24. The molecule has 0 fully saturated rings. The molecule has 144 valence electrons. The molecule has 0 radical (unpaired) electrons. The Morgan fingerprint density at radius 2 is 2.07 bits per heavy atom. The SMILES string of the molecule is C/C(=N\Nc1nnc(SCC(=O)Nc2cccc(Cl)c2)n1N)c1ccncc1. The number of rotatable bonds is 7. The zero-order valence-electron chi connectivity index (χ0n) is 14.8. The second kappa shape index (κ2) is 9.20. The third kappa shape index (κ3) is 5.21. The van der Waals surface area contributed by atoms with E-state index in [0.717, 1.165) is 23.0 Å². The molecular formula is C17H17ClN8OS. The maximum atomic E-state index is 12.1. The molecule has 1 aromatic carbocycles. The van der Waals surface area contributed by atoms with Crippen molar-refractivity contribution in [3.63, 3.8) is 0 Å². The molecule has 0 atom stereocenters. The van der Waals surface area contributed by atoms with Gasteiger partial charge in [0, 0.05) is 28.7 Å². The number of pyridine rings is 1. The van der Waals surface area contributed by atoms with Crippen LogP contribution in [0.3, 0.4) is 0 Å². The summed E-state index contributed by atoms with van der Waals surface area (Å²) in [6.45, 7) is 1.84. The molecule has 0 aliphatic carbocycles. The highest BCUT2D eigenvalue weighted by molar-refractivity contribution is 7.99. The number of hydrogen-bond acceptors (Lipinski definition) is 8. The molecule has 0 spiro atoms. The van der Waals surface area contributed by atoms with E-state index in [4.69, 9.17) is 17.4 Å². The van der Waals surface area contributed by atoms with Crippen molar-refractivity contribution in [3.8, 4) is 0 Å². The quantitative estimate of drug-likeness (QED) is 0.234. The van der Waals surface area contributed by atoms with Crippen molar-refractivity contribution >= 4 is 46.6 Å². The first kappa shape index (κ1) is 19.6. The van der Waals surface area contributed by atoms with E-state index in [1.165, 1.54) is 4.68 Å². The molecule has 0 aliphatic heterocycles. The Hall–Kier alpha value is -3.11. The van der Waals surface area contributed by atoms with Gasteiger partial charge in [0.25, 0.3) is 5.95 Å². The third-order valence-corrected chi connectivity index (χ3v) is 4.71. The van der Waals surface area contributed by atoms with Crippen molar-refractivity contribution in [2.75, 3.05) is 22.3 Å². The van der Waals surface area contributed by atoms with Gasteiger partial charge in [-0.2, -0.15) is 5.10 Å². The van der Waals surface area contributed by atoms with Gasteiger partial charge >= 0.3 is 0 Å². The Morgan fingerprint density at radius 1 is 1.29 bits per heavy atom. The van der Waals surface area contributed by atoms with Crippen LogP contribution in [0.4, 0.5) is 11.6 Å². The van der Waals surface area contributed by atoms with Gasteiger partial charge in [-0.15, -0.1) is 10.2 Å². The van der Waals surface area contributed by atoms with Crippen LogP contribution >= 0.6 is 23.4 Å². The fourth-order valence-electron chi connectivity index (χ4n) is 2.14. The molecule has 0 saturated carbocycles. The molecule has 0 unspecified atom stereocenters. The maximum Gasteiger partial charge on any atom is 0.264 e. The molecule has 2 aromatic heterocycles. The van der Waals surface area contributed by atoms with Gasteiger partial charge in [-0.3, -0.25) is 9.78 Å². The van der Waals surface area contributed by atoms with Crippen LogP contribution in [-0.2, 0) is 4.79 Å². The van der Waals surface area contributed by atoms with E-state index in [0.29, 0.717) is 15.9 Å². The molecular weight excluding hydrogens is 400 g/mol. The lowest BCUT2D eigenvalue weighted by atomic mass is 10.2. The van der Waals surface area contributed by atoms with Crippen LogP contribution in [0, 0.1) is 0 Å². The van der Waals surface area contributed by atoms with Crippen LogP contribution in [0.5, 0.6) is 0 Å². The normalized spacial score (nSPS) is 11.3. The Balaban J connectivity index is 1.56. The number of anilines is 2. The minimum atomic E-state index is -0.212. The van der Waals surface area contributed by atoms with Crippen LogP contribution in [0.2, 0.25) is 5.02 Å². The number of nitrogens with zero attached hydrogens (tertiary/aromatic N) is 5. The Morgan fingerprint density at radius 3 is 2.82 bits per heavy atom. The van der Waals surface area contributed by atoms with Crippen molar-refractivity contribution in [1.82, 2.24) is 19.9 Å².